The Morgan fingerprint density at radius 3 is 2.86 bits per heavy atom. The average Bonchev–Trinajstić information content (AvgIpc) is 3.34. The molecule has 0 saturated heterocycles. The SMILES string of the molecule is Cc1cc([N+](=O)[O-])ccc1NC(=O)CN1CCc2sccc2C1c1cccs1. The minimum Gasteiger partial charge on any atom is -0.325 e. The van der Waals surface area contributed by atoms with Crippen LogP contribution < -0.4 is 5.32 Å². The summed E-state index contributed by atoms with van der Waals surface area (Å²) < 4.78 is 0. The van der Waals surface area contributed by atoms with E-state index in [0.717, 1.165) is 13.0 Å². The van der Waals surface area contributed by atoms with E-state index in [-0.39, 0.29) is 24.2 Å². The molecule has 1 aromatic carbocycles. The number of thiophene rings is 2. The molecule has 3 heterocycles. The van der Waals surface area contributed by atoms with Gasteiger partial charge in [0.05, 0.1) is 17.5 Å². The second-order valence-corrected chi connectivity index (χ2v) is 8.72. The molecule has 1 unspecified atom stereocenters. The van der Waals surface area contributed by atoms with Gasteiger partial charge in [0.2, 0.25) is 5.91 Å². The van der Waals surface area contributed by atoms with Gasteiger partial charge in [-0.1, -0.05) is 6.07 Å². The lowest BCUT2D eigenvalue weighted by molar-refractivity contribution is -0.384. The zero-order valence-corrected chi connectivity index (χ0v) is 16.9. The fourth-order valence-corrected chi connectivity index (χ4v) is 5.37. The van der Waals surface area contributed by atoms with Crippen LogP contribution in [0.4, 0.5) is 11.4 Å². The van der Waals surface area contributed by atoms with Gasteiger partial charge in [-0.05, 0) is 53.4 Å². The van der Waals surface area contributed by atoms with E-state index in [9.17, 15) is 14.9 Å². The van der Waals surface area contributed by atoms with Crippen molar-refractivity contribution in [1.29, 1.82) is 0 Å². The first-order valence-electron chi connectivity index (χ1n) is 8.91. The number of amides is 1. The Balaban J connectivity index is 1.52. The van der Waals surface area contributed by atoms with Gasteiger partial charge in [-0.3, -0.25) is 19.8 Å². The Morgan fingerprint density at radius 1 is 1.29 bits per heavy atom. The van der Waals surface area contributed by atoms with Crippen LogP contribution in [-0.4, -0.2) is 28.8 Å². The first-order valence-corrected chi connectivity index (χ1v) is 10.7. The monoisotopic (exact) mass is 413 g/mol. The van der Waals surface area contributed by atoms with Crippen molar-refractivity contribution in [3.8, 4) is 0 Å². The Hall–Kier alpha value is -2.55. The minimum absolute atomic E-state index is 0.0225. The van der Waals surface area contributed by atoms with Crippen molar-refractivity contribution in [2.24, 2.45) is 0 Å². The van der Waals surface area contributed by atoms with Crippen LogP contribution in [-0.2, 0) is 11.2 Å². The smallest absolute Gasteiger partial charge is 0.269 e. The van der Waals surface area contributed by atoms with Crippen molar-refractivity contribution in [3.05, 3.63) is 78.2 Å². The van der Waals surface area contributed by atoms with Gasteiger partial charge in [0.15, 0.2) is 0 Å². The topological polar surface area (TPSA) is 75.5 Å². The molecule has 28 heavy (non-hydrogen) atoms. The van der Waals surface area contributed by atoms with E-state index in [1.165, 1.54) is 27.5 Å². The van der Waals surface area contributed by atoms with Crippen LogP contribution >= 0.6 is 22.7 Å². The predicted molar refractivity (Wildman–Crippen MR) is 112 cm³/mol. The highest BCUT2D eigenvalue weighted by Crippen LogP contribution is 2.39. The van der Waals surface area contributed by atoms with E-state index in [4.69, 9.17) is 0 Å². The summed E-state index contributed by atoms with van der Waals surface area (Å²) in [5, 5.41) is 18.0. The molecular formula is C20H19N3O3S2. The highest BCUT2D eigenvalue weighted by atomic mass is 32.1. The van der Waals surface area contributed by atoms with Crippen LogP contribution in [0.1, 0.15) is 26.9 Å². The standard InChI is InChI=1S/C20H19N3O3S2/c1-13-11-14(23(25)26)4-5-16(13)21-19(24)12-22-8-6-17-15(7-10-28-17)20(22)18-3-2-9-27-18/h2-5,7,9-11,20H,6,8,12H2,1H3,(H,21,24). The van der Waals surface area contributed by atoms with Gasteiger partial charge in [0.1, 0.15) is 0 Å². The van der Waals surface area contributed by atoms with Crippen molar-refractivity contribution in [2.75, 3.05) is 18.4 Å². The summed E-state index contributed by atoms with van der Waals surface area (Å²) >= 11 is 3.48. The number of benzene rings is 1. The lowest BCUT2D eigenvalue weighted by atomic mass is 9.98. The number of nitrogens with one attached hydrogen (secondary N) is 1. The zero-order valence-electron chi connectivity index (χ0n) is 15.3. The Bertz CT molecular complexity index is 1010. The molecule has 0 saturated carbocycles. The van der Waals surface area contributed by atoms with Gasteiger partial charge in [0.25, 0.3) is 5.69 Å². The molecule has 1 atom stereocenters. The van der Waals surface area contributed by atoms with Gasteiger partial charge >= 0.3 is 0 Å². The number of fused-ring (bicyclic) bond motifs is 1. The molecule has 6 nitrogen and oxygen atoms in total. The molecule has 2 aromatic heterocycles. The van der Waals surface area contributed by atoms with Crippen LogP contribution in [0.25, 0.3) is 0 Å². The Morgan fingerprint density at radius 2 is 2.14 bits per heavy atom. The number of rotatable bonds is 5. The van der Waals surface area contributed by atoms with Crippen LogP contribution in [0.2, 0.25) is 0 Å². The zero-order chi connectivity index (χ0) is 19.7. The average molecular weight is 414 g/mol. The number of anilines is 1. The van der Waals surface area contributed by atoms with Crippen molar-refractivity contribution >= 4 is 40.0 Å². The van der Waals surface area contributed by atoms with Crippen molar-refractivity contribution in [1.82, 2.24) is 4.90 Å². The number of aryl methyl sites for hydroxylation is 1. The molecular weight excluding hydrogens is 394 g/mol. The van der Waals surface area contributed by atoms with Gasteiger partial charge in [-0.25, -0.2) is 0 Å². The molecule has 1 aliphatic heterocycles. The third-order valence-corrected chi connectivity index (χ3v) is 6.84. The summed E-state index contributed by atoms with van der Waals surface area (Å²) in [4.78, 5) is 28.0. The second kappa shape index (κ2) is 7.83. The molecule has 0 radical (unpaired) electrons. The van der Waals surface area contributed by atoms with E-state index in [1.54, 1.807) is 35.7 Å². The molecule has 8 heteroatoms. The Labute approximate surface area is 170 Å². The van der Waals surface area contributed by atoms with Gasteiger partial charge < -0.3 is 5.32 Å². The first-order chi connectivity index (χ1) is 13.5. The number of nitrogens with zero attached hydrogens (tertiary/aromatic N) is 2. The first kappa shape index (κ1) is 18.8. The van der Waals surface area contributed by atoms with Crippen LogP contribution in [0.3, 0.4) is 0 Å². The summed E-state index contributed by atoms with van der Waals surface area (Å²) in [7, 11) is 0. The summed E-state index contributed by atoms with van der Waals surface area (Å²) in [6.07, 6.45) is 0.943. The van der Waals surface area contributed by atoms with E-state index in [0.29, 0.717) is 11.3 Å². The summed E-state index contributed by atoms with van der Waals surface area (Å²) in [5.74, 6) is -0.114. The van der Waals surface area contributed by atoms with E-state index < -0.39 is 4.92 Å². The van der Waals surface area contributed by atoms with Crippen molar-refractivity contribution in [2.45, 2.75) is 19.4 Å². The number of carbonyl (C=O) groups is 1. The third kappa shape index (κ3) is 3.71. The Kier molecular flexibility index (Phi) is 5.25. The maximum Gasteiger partial charge on any atom is 0.269 e. The van der Waals surface area contributed by atoms with Gasteiger partial charge in [-0.15, -0.1) is 22.7 Å². The fourth-order valence-electron chi connectivity index (χ4n) is 3.59. The molecule has 144 valence electrons. The van der Waals surface area contributed by atoms with Crippen LogP contribution in [0, 0.1) is 17.0 Å². The fraction of sp³-hybridized carbons (Fsp3) is 0.250. The molecule has 0 fully saturated rings. The molecule has 0 aliphatic carbocycles. The number of hydrogen-bond donors (Lipinski definition) is 1. The molecule has 1 N–H and O–H groups in total. The number of carbonyl (C=O) groups excluding carboxylic acids is 1. The highest BCUT2D eigenvalue weighted by molar-refractivity contribution is 7.10. The minimum atomic E-state index is -0.434. The summed E-state index contributed by atoms with van der Waals surface area (Å²) in [6.45, 7) is 2.85. The normalized spacial score (nSPS) is 16.5. The van der Waals surface area contributed by atoms with Crippen molar-refractivity contribution < 1.29 is 9.72 Å². The number of nitro groups is 1. The van der Waals surface area contributed by atoms with Gasteiger partial charge in [0, 0.05) is 34.1 Å². The summed E-state index contributed by atoms with van der Waals surface area (Å²) in [6, 6.07) is 10.9. The quantitative estimate of drug-likeness (QED) is 0.489. The molecule has 1 aliphatic rings. The number of hydrogen-bond acceptors (Lipinski definition) is 6. The molecule has 1 amide bonds. The molecule has 0 bridgehead atoms. The van der Waals surface area contributed by atoms with Crippen LogP contribution in [0.15, 0.2) is 47.2 Å². The van der Waals surface area contributed by atoms with Crippen LogP contribution in [0.5, 0.6) is 0 Å². The largest absolute Gasteiger partial charge is 0.325 e. The predicted octanol–water partition coefficient (Wildman–Crippen LogP) is 4.61. The van der Waals surface area contributed by atoms with E-state index >= 15 is 0 Å². The third-order valence-electron chi connectivity index (χ3n) is 4.92. The van der Waals surface area contributed by atoms with Crippen molar-refractivity contribution in [3.63, 3.8) is 0 Å². The lowest BCUT2D eigenvalue weighted by Gasteiger charge is -2.34. The second-order valence-electron chi connectivity index (χ2n) is 6.74. The lowest BCUT2D eigenvalue weighted by Crippen LogP contribution is -2.40. The maximum absolute atomic E-state index is 12.7. The van der Waals surface area contributed by atoms with E-state index in [2.05, 4.69) is 33.1 Å². The maximum atomic E-state index is 12.7. The summed E-state index contributed by atoms with van der Waals surface area (Å²) in [5.41, 5.74) is 2.60. The highest BCUT2D eigenvalue weighted by Gasteiger charge is 2.31. The molecule has 3 aromatic rings. The van der Waals surface area contributed by atoms with E-state index in [1.807, 2.05) is 6.07 Å². The number of non-ortho nitro benzene ring substituents is 1. The number of nitro benzene ring substituents is 1. The van der Waals surface area contributed by atoms with Gasteiger partial charge in [-0.2, -0.15) is 0 Å². The molecule has 4 rings (SSSR count). The molecule has 0 spiro atoms.